The van der Waals surface area contributed by atoms with Crippen molar-refractivity contribution in [3.05, 3.63) is 69.9 Å². The van der Waals surface area contributed by atoms with Crippen molar-refractivity contribution in [2.45, 2.75) is 39.2 Å². The molecule has 2 aromatic carbocycles. The fourth-order valence-corrected chi connectivity index (χ4v) is 4.13. The summed E-state index contributed by atoms with van der Waals surface area (Å²) in [4.78, 5) is 15.1. The van der Waals surface area contributed by atoms with Gasteiger partial charge < -0.3 is 10.0 Å². The van der Waals surface area contributed by atoms with Crippen molar-refractivity contribution in [2.75, 3.05) is 6.54 Å². The summed E-state index contributed by atoms with van der Waals surface area (Å²) in [6, 6.07) is 12.8. The number of halogens is 1. The molecule has 0 bridgehead atoms. The number of aromatic hydroxyl groups is 1. The topological polar surface area (TPSA) is 69.2 Å². The first-order chi connectivity index (χ1) is 14.0. The third-order valence-corrected chi connectivity index (χ3v) is 5.71. The second-order valence-corrected chi connectivity index (χ2v) is 7.98. The summed E-state index contributed by atoms with van der Waals surface area (Å²) in [6.45, 7) is 4.87. The van der Waals surface area contributed by atoms with Gasteiger partial charge in [-0.25, -0.2) is 0 Å². The minimum absolute atomic E-state index is 0.0538. The highest BCUT2D eigenvalue weighted by molar-refractivity contribution is 6.31. The normalized spacial score (nSPS) is 15.8. The molecule has 1 amide bonds. The Bertz CT molecular complexity index is 1040. The summed E-state index contributed by atoms with van der Waals surface area (Å²) in [5.41, 5.74) is 4.57. The van der Waals surface area contributed by atoms with Crippen LogP contribution >= 0.6 is 11.6 Å². The number of amides is 1. The van der Waals surface area contributed by atoms with Crippen molar-refractivity contribution >= 4 is 17.5 Å². The van der Waals surface area contributed by atoms with Gasteiger partial charge in [0, 0.05) is 22.7 Å². The number of carbonyl (C=O) groups excluding carboxylic acids is 1. The van der Waals surface area contributed by atoms with Gasteiger partial charge in [-0.3, -0.25) is 9.89 Å². The Morgan fingerprint density at radius 1 is 1.17 bits per heavy atom. The molecule has 0 radical (unpaired) electrons. The van der Waals surface area contributed by atoms with Crippen molar-refractivity contribution in [1.82, 2.24) is 15.1 Å². The van der Waals surface area contributed by atoms with Crippen LogP contribution in [0.1, 0.15) is 59.4 Å². The number of fused-ring (bicyclic) bond motifs is 1. The van der Waals surface area contributed by atoms with Gasteiger partial charge in [-0.1, -0.05) is 61.2 Å². The van der Waals surface area contributed by atoms with Crippen LogP contribution in [0.5, 0.6) is 5.75 Å². The number of benzene rings is 2. The van der Waals surface area contributed by atoms with Gasteiger partial charge in [0.1, 0.15) is 17.1 Å². The number of aromatic amines is 1. The van der Waals surface area contributed by atoms with Crippen LogP contribution in [-0.2, 0) is 0 Å². The maximum atomic E-state index is 13.2. The Morgan fingerprint density at radius 2 is 1.93 bits per heavy atom. The smallest absolute Gasteiger partial charge is 0.273 e. The lowest BCUT2D eigenvalue weighted by atomic mass is 9.95. The number of unbranched alkanes of at least 4 members (excludes halogenated alkanes) is 2. The van der Waals surface area contributed by atoms with Crippen LogP contribution in [0.3, 0.4) is 0 Å². The van der Waals surface area contributed by atoms with Crippen molar-refractivity contribution < 1.29 is 9.90 Å². The van der Waals surface area contributed by atoms with Crippen LogP contribution in [0.25, 0.3) is 11.3 Å². The quantitative estimate of drug-likeness (QED) is 0.529. The molecule has 1 aliphatic rings. The molecule has 1 aromatic heterocycles. The van der Waals surface area contributed by atoms with E-state index in [9.17, 15) is 9.90 Å². The number of nitrogens with zero attached hydrogens (tertiary/aromatic N) is 2. The summed E-state index contributed by atoms with van der Waals surface area (Å²) in [5.74, 6) is 0.0326. The summed E-state index contributed by atoms with van der Waals surface area (Å²) in [5, 5.41) is 18.2. The van der Waals surface area contributed by atoms with E-state index >= 15 is 0 Å². The minimum Gasteiger partial charge on any atom is -0.507 e. The predicted molar refractivity (Wildman–Crippen MR) is 114 cm³/mol. The number of aryl methyl sites for hydroxylation is 1. The van der Waals surface area contributed by atoms with Crippen LogP contribution < -0.4 is 0 Å². The number of H-pyrrole nitrogens is 1. The average molecular weight is 410 g/mol. The fourth-order valence-electron chi connectivity index (χ4n) is 3.96. The first-order valence-corrected chi connectivity index (χ1v) is 10.3. The largest absolute Gasteiger partial charge is 0.507 e. The number of phenols is 1. The number of carbonyl (C=O) groups is 1. The molecule has 3 aromatic rings. The lowest BCUT2D eigenvalue weighted by molar-refractivity contribution is 0.0740. The summed E-state index contributed by atoms with van der Waals surface area (Å²) < 4.78 is 0. The number of hydrogen-bond acceptors (Lipinski definition) is 3. The zero-order chi connectivity index (χ0) is 20.5. The highest BCUT2D eigenvalue weighted by Gasteiger charge is 2.42. The Hall–Kier alpha value is -2.79. The Morgan fingerprint density at radius 3 is 2.66 bits per heavy atom. The van der Waals surface area contributed by atoms with Gasteiger partial charge in [-0.05, 0) is 37.1 Å². The van der Waals surface area contributed by atoms with E-state index in [1.807, 2.05) is 11.8 Å². The van der Waals surface area contributed by atoms with Gasteiger partial charge in [-0.2, -0.15) is 5.10 Å². The molecule has 29 heavy (non-hydrogen) atoms. The standard InChI is InChI=1S/C23H24ClN3O2/c1-3-4-5-12-27-22(15-8-6-14(2)7-9-15)19-20(25-26-21(19)23(27)29)17-13-16(24)10-11-18(17)28/h6-11,13,22,28H,3-5,12H2,1-2H3,(H,25,26). The van der Waals surface area contributed by atoms with E-state index < -0.39 is 0 Å². The Kier molecular flexibility index (Phi) is 5.33. The number of phenolic OH excluding ortho intramolecular Hbond substituents is 1. The fraction of sp³-hybridized carbons (Fsp3) is 0.304. The van der Waals surface area contributed by atoms with Crippen molar-refractivity contribution in [1.29, 1.82) is 0 Å². The average Bonchev–Trinajstić information content (AvgIpc) is 3.24. The lowest BCUT2D eigenvalue weighted by Crippen LogP contribution is -2.30. The zero-order valence-electron chi connectivity index (χ0n) is 16.6. The van der Waals surface area contributed by atoms with E-state index in [1.165, 1.54) is 0 Å². The first-order valence-electron chi connectivity index (χ1n) is 9.96. The van der Waals surface area contributed by atoms with Gasteiger partial charge >= 0.3 is 0 Å². The maximum Gasteiger partial charge on any atom is 0.273 e. The number of nitrogens with one attached hydrogen (secondary N) is 1. The van der Waals surface area contributed by atoms with Crippen LogP contribution in [0.2, 0.25) is 5.02 Å². The second-order valence-electron chi connectivity index (χ2n) is 7.54. The molecule has 0 fully saturated rings. The minimum atomic E-state index is -0.248. The molecule has 2 N–H and O–H groups in total. The van der Waals surface area contributed by atoms with E-state index in [0.29, 0.717) is 28.5 Å². The van der Waals surface area contributed by atoms with Crippen molar-refractivity contribution in [3.63, 3.8) is 0 Å². The number of hydrogen-bond donors (Lipinski definition) is 2. The molecule has 150 valence electrons. The molecular weight excluding hydrogens is 386 g/mol. The van der Waals surface area contributed by atoms with Crippen LogP contribution in [0.15, 0.2) is 42.5 Å². The van der Waals surface area contributed by atoms with E-state index in [4.69, 9.17) is 11.6 Å². The SMILES string of the molecule is CCCCCN1C(=O)c2[nH]nc(-c3cc(Cl)ccc3O)c2C1c1ccc(C)cc1. The van der Waals surface area contributed by atoms with Gasteiger partial charge in [0.15, 0.2) is 0 Å². The van der Waals surface area contributed by atoms with Crippen LogP contribution in [0, 0.1) is 6.92 Å². The molecule has 0 saturated carbocycles. The highest BCUT2D eigenvalue weighted by atomic mass is 35.5. The molecule has 1 aliphatic heterocycles. The summed E-state index contributed by atoms with van der Waals surface area (Å²) in [6.07, 6.45) is 3.10. The Labute approximate surface area is 175 Å². The van der Waals surface area contributed by atoms with E-state index in [1.54, 1.807) is 18.2 Å². The monoisotopic (exact) mass is 409 g/mol. The predicted octanol–water partition coefficient (Wildman–Crippen LogP) is 5.48. The van der Waals surface area contributed by atoms with Gasteiger partial charge in [0.05, 0.1) is 6.04 Å². The van der Waals surface area contributed by atoms with Gasteiger partial charge in [0.2, 0.25) is 0 Å². The lowest BCUT2D eigenvalue weighted by Gasteiger charge is -2.26. The van der Waals surface area contributed by atoms with Crippen molar-refractivity contribution in [3.8, 4) is 17.0 Å². The molecule has 0 saturated heterocycles. The summed E-state index contributed by atoms with van der Waals surface area (Å²) >= 11 is 6.17. The van der Waals surface area contributed by atoms with E-state index in [2.05, 4.69) is 41.4 Å². The first kappa shape index (κ1) is 19.5. The van der Waals surface area contributed by atoms with Gasteiger partial charge in [-0.15, -0.1) is 0 Å². The van der Waals surface area contributed by atoms with Crippen LogP contribution in [0.4, 0.5) is 0 Å². The number of rotatable bonds is 6. The molecule has 2 heterocycles. The molecule has 5 nitrogen and oxygen atoms in total. The highest BCUT2D eigenvalue weighted by Crippen LogP contribution is 2.45. The molecule has 6 heteroatoms. The molecule has 1 atom stereocenters. The maximum absolute atomic E-state index is 13.2. The number of aromatic nitrogens is 2. The Balaban J connectivity index is 1.85. The molecule has 0 spiro atoms. The van der Waals surface area contributed by atoms with Crippen LogP contribution in [-0.4, -0.2) is 32.7 Å². The third-order valence-electron chi connectivity index (χ3n) is 5.47. The molecule has 0 aliphatic carbocycles. The summed E-state index contributed by atoms with van der Waals surface area (Å²) in [7, 11) is 0. The molecule has 4 rings (SSSR count). The van der Waals surface area contributed by atoms with Gasteiger partial charge in [0.25, 0.3) is 5.91 Å². The van der Waals surface area contributed by atoms with Crippen molar-refractivity contribution in [2.24, 2.45) is 0 Å². The van der Waals surface area contributed by atoms with E-state index in [-0.39, 0.29) is 17.7 Å². The molecule has 1 unspecified atom stereocenters. The second kappa shape index (κ2) is 7.91. The molecular formula is C23H24ClN3O2. The third kappa shape index (κ3) is 3.51. The zero-order valence-corrected chi connectivity index (χ0v) is 17.3. The van der Waals surface area contributed by atoms with E-state index in [0.717, 1.165) is 36.0 Å².